The molecule has 0 spiro atoms. The van der Waals surface area contributed by atoms with Gasteiger partial charge < -0.3 is 14.6 Å². The lowest BCUT2D eigenvalue weighted by atomic mass is 10.1. The molecule has 31 heavy (non-hydrogen) atoms. The molecule has 1 aromatic heterocycles. The molecule has 2 aromatic carbocycles. The number of hydrogen-bond donors (Lipinski definition) is 1. The number of anilines is 2. The Morgan fingerprint density at radius 3 is 2.77 bits per heavy atom. The maximum absolute atomic E-state index is 12.6. The first-order valence-electron chi connectivity index (χ1n) is 9.56. The largest absolute Gasteiger partial charge is 0.482 e. The van der Waals surface area contributed by atoms with E-state index in [0.29, 0.717) is 33.1 Å². The van der Waals surface area contributed by atoms with Crippen LogP contribution in [-0.2, 0) is 16.6 Å². The molecule has 10 heteroatoms. The van der Waals surface area contributed by atoms with Gasteiger partial charge in [-0.25, -0.2) is 0 Å². The molecule has 1 atom stereocenters. The zero-order valence-corrected chi connectivity index (χ0v) is 18.5. The van der Waals surface area contributed by atoms with Gasteiger partial charge in [-0.15, -0.1) is 10.2 Å². The molecular weight excluding hydrogens is 438 g/mol. The van der Waals surface area contributed by atoms with Crippen LogP contribution in [0.4, 0.5) is 11.4 Å². The molecule has 0 saturated carbocycles. The van der Waals surface area contributed by atoms with E-state index in [-0.39, 0.29) is 30.2 Å². The number of ether oxygens (including phenoxy) is 1. The van der Waals surface area contributed by atoms with E-state index >= 15 is 0 Å². The Bertz CT molecular complexity index is 1140. The Balaban J connectivity index is 1.46. The third-order valence-corrected chi connectivity index (χ3v) is 6.20. The van der Waals surface area contributed by atoms with Gasteiger partial charge in [-0.3, -0.25) is 14.5 Å². The fourth-order valence-corrected chi connectivity index (χ4v) is 4.26. The molecule has 1 N–H and O–H groups in total. The second-order valence-electron chi connectivity index (χ2n) is 6.91. The van der Waals surface area contributed by atoms with Crippen LogP contribution in [0.3, 0.4) is 0 Å². The molecule has 1 aliphatic heterocycles. The minimum Gasteiger partial charge on any atom is -0.482 e. The minimum atomic E-state index is -0.360. The Morgan fingerprint density at radius 2 is 1.97 bits per heavy atom. The SMILES string of the molecule is C[C@@H](c1nnc(SCC(=O)Nc2ccccc2Cl)n1C)N1C(=O)COc2ccccc21. The molecule has 4 rings (SSSR count). The fourth-order valence-electron chi connectivity index (χ4n) is 3.36. The highest BCUT2D eigenvalue weighted by Gasteiger charge is 2.32. The van der Waals surface area contributed by atoms with Gasteiger partial charge in [0.15, 0.2) is 17.6 Å². The van der Waals surface area contributed by atoms with Crippen LogP contribution in [0.1, 0.15) is 18.8 Å². The lowest BCUT2D eigenvalue weighted by Gasteiger charge is -2.33. The van der Waals surface area contributed by atoms with Crippen LogP contribution in [0.25, 0.3) is 0 Å². The maximum Gasteiger partial charge on any atom is 0.265 e. The van der Waals surface area contributed by atoms with Crippen LogP contribution in [0, 0.1) is 0 Å². The molecule has 0 unspecified atom stereocenters. The Labute approximate surface area is 188 Å². The van der Waals surface area contributed by atoms with Crippen LogP contribution in [0.5, 0.6) is 5.75 Å². The summed E-state index contributed by atoms with van der Waals surface area (Å²) in [6.45, 7) is 1.87. The molecule has 0 fully saturated rings. The molecule has 8 nitrogen and oxygen atoms in total. The van der Waals surface area contributed by atoms with E-state index < -0.39 is 0 Å². The zero-order chi connectivity index (χ0) is 22.0. The average molecular weight is 458 g/mol. The number of carbonyl (C=O) groups excluding carboxylic acids is 2. The monoisotopic (exact) mass is 457 g/mol. The van der Waals surface area contributed by atoms with Crippen molar-refractivity contribution in [3.63, 3.8) is 0 Å². The number of amides is 2. The van der Waals surface area contributed by atoms with E-state index in [1.807, 2.05) is 38.2 Å². The van der Waals surface area contributed by atoms with Crippen LogP contribution >= 0.6 is 23.4 Å². The number of fused-ring (bicyclic) bond motifs is 1. The second-order valence-corrected chi connectivity index (χ2v) is 8.26. The summed E-state index contributed by atoms with van der Waals surface area (Å²) in [5.74, 6) is 1.06. The van der Waals surface area contributed by atoms with Crippen molar-refractivity contribution < 1.29 is 14.3 Å². The summed E-state index contributed by atoms with van der Waals surface area (Å²) in [5.41, 5.74) is 1.26. The summed E-state index contributed by atoms with van der Waals surface area (Å²) < 4.78 is 7.31. The number of benzene rings is 2. The van der Waals surface area contributed by atoms with Gasteiger partial charge in [-0.1, -0.05) is 47.6 Å². The molecule has 0 radical (unpaired) electrons. The Hall–Kier alpha value is -3.04. The number of nitrogens with zero attached hydrogens (tertiary/aromatic N) is 4. The Kier molecular flexibility index (Phi) is 6.15. The first-order valence-corrected chi connectivity index (χ1v) is 10.9. The quantitative estimate of drug-likeness (QED) is 0.568. The van der Waals surface area contributed by atoms with Crippen molar-refractivity contribution in [3.05, 3.63) is 59.4 Å². The van der Waals surface area contributed by atoms with Gasteiger partial charge in [0, 0.05) is 7.05 Å². The number of rotatable bonds is 6. The van der Waals surface area contributed by atoms with Crippen LogP contribution in [-0.4, -0.2) is 38.9 Å². The van der Waals surface area contributed by atoms with E-state index in [9.17, 15) is 9.59 Å². The average Bonchev–Trinajstić information content (AvgIpc) is 3.14. The van der Waals surface area contributed by atoms with Crippen LogP contribution in [0.15, 0.2) is 53.7 Å². The zero-order valence-electron chi connectivity index (χ0n) is 16.9. The van der Waals surface area contributed by atoms with Crippen molar-refractivity contribution in [2.45, 2.75) is 18.1 Å². The lowest BCUT2D eigenvalue weighted by Crippen LogP contribution is -2.41. The van der Waals surface area contributed by atoms with E-state index in [1.165, 1.54) is 11.8 Å². The van der Waals surface area contributed by atoms with E-state index in [0.717, 1.165) is 0 Å². The maximum atomic E-state index is 12.6. The summed E-state index contributed by atoms with van der Waals surface area (Å²) in [7, 11) is 1.82. The normalized spacial score (nSPS) is 14.0. The molecule has 2 heterocycles. The highest BCUT2D eigenvalue weighted by molar-refractivity contribution is 7.99. The summed E-state index contributed by atoms with van der Waals surface area (Å²) in [6.07, 6.45) is 0. The number of hydrogen-bond acceptors (Lipinski definition) is 6. The van der Waals surface area contributed by atoms with Crippen molar-refractivity contribution in [3.8, 4) is 5.75 Å². The molecule has 0 bridgehead atoms. The van der Waals surface area contributed by atoms with Crippen molar-refractivity contribution in [2.75, 3.05) is 22.6 Å². The minimum absolute atomic E-state index is 0.0248. The van der Waals surface area contributed by atoms with Gasteiger partial charge in [0.25, 0.3) is 5.91 Å². The molecule has 2 amide bonds. The van der Waals surface area contributed by atoms with Crippen molar-refractivity contribution in [1.82, 2.24) is 14.8 Å². The Morgan fingerprint density at radius 1 is 1.23 bits per heavy atom. The summed E-state index contributed by atoms with van der Waals surface area (Å²) in [5, 5.41) is 12.3. The summed E-state index contributed by atoms with van der Waals surface area (Å²) in [6, 6.07) is 14.1. The van der Waals surface area contributed by atoms with Crippen LogP contribution < -0.4 is 15.0 Å². The van der Waals surface area contributed by atoms with Gasteiger partial charge in [0.05, 0.1) is 28.2 Å². The van der Waals surface area contributed by atoms with E-state index in [4.69, 9.17) is 16.3 Å². The molecule has 1 aliphatic rings. The topological polar surface area (TPSA) is 89.4 Å². The van der Waals surface area contributed by atoms with Gasteiger partial charge in [0.2, 0.25) is 5.91 Å². The van der Waals surface area contributed by atoms with Gasteiger partial charge in [0.1, 0.15) is 5.75 Å². The molecule has 0 aliphatic carbocycles. The molecule has 3 aromatic rings. The summed E-state index contributed by atoms with van der Waals surface area (Å²) in [4.78, 5) is 26.6. The third kappa shape index (κ3) is 4.38. The number of nitrogens with one attached hydrogen (secondary N) is 1. The number of thioether (sulfide) groups is 1. The predicted octanol–water partition coefficient (Wildman–Crippen LogP) is 3.69. The molecule has 160 valence electrons. The molecular formula is C21H20ClN5O3S. The van der Waals surface area contributed by atoms with Crippen molar-refractivity contribution in [1.29, 1.82) is 0 Å². The van der Waals surface area contributed by atoms with Crippen molar-refractivity contribution >= 4 is 46.6 Å². The molecule has 0 saturated heterocycles. The fraction of sp³-hybridized carbons (Fsp3) is 0.238. The van der Waals surface area contributed by atoms with Crippen molar-refractivity contribution in [2.24, 2.45) is 7.05 Å². The predicted molar refractivity (Wildman–Crippen MR) is 120 cm³/mol. The first-order chi connectivity index (χ1) is 15.0. The van der Waals surface area contributed by atoms with Gasteiger partial charge >= 0.3 is 0 Å². The van der Waals surface area contributed by atoms with Gasteiger partial charge in [-0.2, -0.15) is 0 Å². The van der Waals surface area contributed by atoms with Crippen LogP contribution in [0.2, 0.25) is 5.02 Å². The second kappa shape index (κ2) is 8.99. The first kappa shape index (κ1) is 21.2. The van der Waals surface area contributed by atoms with E-state index in [1.54, 1.807) is 33.7 Å². The standard InChI is InChI=1S/C21H20ClN5O3S/c1-13(27-16-9-5-6-10-17(16)30-11-19(27)29)20-24-25-21(26(20)2)31-12-18(28)23-15-8-4-3-7-14(15)22/h3-10,13H,11-12H2,1-2H3,(H,23,28)/t13-/m0/s1. The third-order valence-electron chi connectivity index (χ3n) is 4.85. The highest BCUT2D eigenvalue weighted by Crippen LogP contribution is 2.37. The van der Waals surface area contributed by atoms with Gasteiger partial charge in [-0.05, 0) is 31.2 Å². The summed E-state index contributed by atoms with van der Waals surface area (Å²) >= 11 is 7.34. The number of aromatic nitrogens is 3. The van der Waals surface area contributed by atoms with E-state index in [2.05, 4.69) is 15.5 Å². The lowest BCUT2D eigenvalue weighted by molar-refractivity contribution is -0.121. The number of para-hydroxylation sites is 3. The number of carbonyl (C=O) groups is 2. The smallest absolute Gasteiger partial charge is 0.265 e. The highest BCUT2D eigenvalue weighted by atomic mass is 35.5. The number of halogens is 1.